The molecule has 2 unspecified atom stereocenters. The van der Waals surface area contributed by atoms with E-state index in [-0.39, 0.29) is 0 Å². The van der Waals surface area contributed by atoms with Crippen molar-refractivity contribution in [2.24, 2.45) is 0 Å². The van der Waals surface area contributed by atoms with E-state index in [4.69, 9.17) is 4.74 Å². The first-order valence-corrected chi connectivity index (χ1v) is 6.77. The Hall–Kier alpha value is -1.06. The molecule has 100 valence electrons. The first-order valence-electron chi connectivity index (χ1n) is 6.77. The predicted molar refractivity (Wildman–Crippen MR) is 76.0 cm³/mol. The van der Waals surface area contributed by atoms with Crippen LogP contribution in [0.3, 0.4) is 0 Å². The van der Waals surface area contributed by atoms with E-state index in [1.54, 1.807) is 0 Å². The summed E-state index contributed by atoms with van der Waals surface area (Å²) in [5.41, 5.74) is 2.57. The van der Waals surface area contributed by atoms with Crippen LogP contribution >= 0.6 is 0 Å². The summed E-state index contributed by atoms with van der Waals surface area (Å²) in [6.45, 7) is 4.03. The molecular formula is C15H24N2O. The number of nitrogens with one attached hydrogen (secondary N) is 1. The fourth-order valence-corrected chi connectivity index (χ4v) is 2.32. The van der Waals surface area contributed by atoms with Crippen molar-refractivity contribution >= 4 is 5.69 Å². The Balaban J connectivity index is 1.73. The summed E-state index contributed by atoms with van der Waals surface area (Å²) in [5.74, 6) is 0. The van der Waals surface area contributed by atoms with Crippen LogP contribution in [-0.4, -0.2) is 32.8 Å². The molecule has 0 spiro atoms. The highest BCUT2D eigenvalue weighted by Gasteiger charge is 2.20. The van der Waals surface area contributed by atoms with Gasteiger partial charge >= 0.3 is 0 Å². The molecule has 1 heterocycles. The molecule has 0 bridgehead atoms. The quantitative estimate of drug-likeness (QED) is 0.866. The molecule has 3 nitrogen and oxygen atoms in total. The predicted octanol–water partition coefficient (Wildman–Crippen LogP) is 2.41. The van der Waals surface area contributed by atoms with Gasteiger partial charge in [-0.15, -0.1) is 0 Å². The Labute approximate surface area is 110 Å². The van der Waals surface area contributed by atoms with E-state index in [1.807, 2.05) is 0 Å². The zero-order chi connectivity index (χ0) is 13.0. The van der Waals surface area contributed by atoms with Gasteiger partial charge in [0.2, 0.25) is 0 Å². The summed E-state index contributed by atoms with van der Waals surface area (Å²) >= 11 is 0. The second-order valence-electron chi connectivity index (χ2n) is 5.34. The zero-order valence-corrected chi connectivity index (χ0v) is 11.6. The third-order valence-electron chi connectivity index (χ3n) is 3.47. The highest BCUT2D eigenvalue weighted by molar-refractivity contribution is 5.45. The Kier molecular flexibility index (Phi) is 4.61. The fourth-order valence-electron chi connectivity index (χ4n) is 2.32. The lowest BCUT2D eigenvalue weighted by molar-refractivity contribution is 0.0559. The molecule has 2 atom stereocenters. The van der Waals surface area contributed by atoms with Gasteiger partial charge in [0.1, 0.15) is 0 Å². The van der Waals surface area contributed by atoms with E-state index in [0.717, 1.165) is 13.1 Å². The molecule has 1 aromatic carbocycles. The number of ether oxygens (including phenoxy) is 1. The van der Waals surface area contributed by atoms with Gasteiger partial charge in [-0.1, -0.05) is 12.1 Å². The molecule has 1 aliphatic rings. The lowest BCUT2D eigenvalue weighted by atomic mass is 10.2. The van der Waals surface area contributed by atoms with Crippen LogP contribution in [0, 0.1) is 0 Å². The summed E-state index contributed by atoms with van der Waals surface area (Å²) in [6, 6.07) is 8.68. The second-order valence-corrected chi connectivity index (χ2v) is 5.34. The minimum absolute atomic E-state index is 0.404. The van der Waals surface area contributed by atoms with Gasteiger partial charge in [-0.05, 0) is 37.5 Å². The van der Waals surface area contributed by atoms with Crippen LogP contribution in [-0.2, 0) is 11.3 Å². The van der Waals surface area contributed by atoms with E-state index in [9.17, 15) is 0 Å². The van der Waals surface area contributed by atoms with E-state index >= 15 is 0 Å². The van der Waals surface area contributed by atoms with Crippen molar-refractivity contribution in [2.45, 2.75) is 38.5 Å². The fraction of sp³-hybridized carbons (Fsp3) is 0.600. The van der Waals surface area contributed by atoms with E-state index in [0.29, 0.717) is 12.2 Å². The molecule has 1 aliphatic heterocycles. The van der Waals surface area contributed by atoms with Crippen LogP contribution in [0.15, 0.2) is 24.3 Å². The summed E-state index contributed by atoms with van der Waals surface area (Å²) in [5, 5.41) is 3.47. The van der Waals surface area contributed by atoms with Gasteiger partial charge in [-0.3, -0.25) is 0 Å². The van der Waals surface area contributed by atoms with Crippen molar-refractivity contribution in [3.8, 4) is 0 Å². The van der Waals surface area contributed by atoms with Crippen molar-refractivity contribution in [2.75, 3.05) is 25.5 Å². The molecule has 2 rings (SSSR count). The molecule has 1 fully saturated rings. The molecule has 0 aliphatic carbocycles. The van der Waals surface area contributed by atoms with Gasteiger partial charge in [-0.25, -0.2) is 0 Å². The third kappa shape index (κ3) is 3.72. The number of benzene rings is 1. The maximum absolute atomic E-state index is 5.78. The van der Waals surface area contributed by atoms with Crippen LogP contribution in [0.4, 0.5) is 5.69 Å². The maximum Gasteiger partial charge on any atom is 0.0704 e. The van der Waals surface area contributed by atoms with Crippen molar-refractivity contribution in [3.05, 3.63) is 29.8 Å². The van der Waals surface area contributed by atoms with E-state index in [1.165, 1.54) is 24.1 Å². The molecular weight excluding hydrogens is 224 g/mol. The summed E-state index contributed by atoms with van der Waals surface area (Å²) in [7, 11) is 4.12. The highest BCUT2D eigenvalue weighted by Crippen LogP contribution is 2.18. The first-order chi connectivity index (χ1) is 8.65. The van der Waals surface area contributed by atoms with Crippen LogP contribution in [0.1, 0.15) is 25.3 Å². The minimum Gasteiger partial charge on any atom is -0.378 e. The van der Waals surface area contributed by atoms with Gasteiger partial charge in [0.05, 0.1) is 12.2 Å². The molecule has 0 saturated carbocycles. The summed E-state index contributed by atoms with van der Waals surface area (Å²) in [6.07, 6.45) is 3.23. The van der Waals surface area contributed by atoms with Crippen LogP contribution in [0.2, 0.25) is 0 Å². The zero-order valence-electron chi connectivity index (χ0n) is 11.6. The molecule has 18 heavy (non-hydrogen) atoms. The van der Waals surface area contributed by atoms with Gasteiger partial charge in [0.15, 0.2) is 0 Å². The van der Waals surface area contributed by atoms with E-state index in [2.05, 4.69) is 55.5 Å². The van der Waals surface area contributed by atoms with Crippen molar-refractivity contribution in [3.63, 3.8) is 0 Å². The first kappa shape index (κ1) is 13.4. The molecule has 1 aromatic rings. The molecule has 3 heteroatoms. The smallest absolute Gasteiger partial charge is 0.0704 e. The summed E-state index contributed by atoms with van der Waals surface area (Å²) < 4.78 is 5.78. The summed E-state index contributed by atoms with van der Waals surface area (Å²) in [4.78, 5) is 2.12. The average Bonchev–Trinajstić information content (AvgIpc) is 2.76. The third-order valence-corrected chi connectivity index (χ3v) is 3.47. The van der Waals surface area contributed by atoms with Gasteiger partial charge < -0.3 is 15.0 Å². The molecule has 0 aromatic heterocycles. The van der Waals surface area contributed by atoms with Gasteiger partial charge in [-0.2, -0.15) is 0 Å². The van der Waals surface area contributed by atoms with Crippen molar-refractivity contribution < 1.29 is 4.74 Å². The Morgan fingerprint density at radius 2 is 1.94 bits per heavy atom. The number of rotatable bonds is 5. The number of anilines is 1. The van der Waals surface area contributed by atoms with E-state index < -0.39 is 0 Å². The van der Waals surface area contributed by atoms with Gasteiger partial charge in [0, 0.05) is 32.9 Å². The maximum atomic E-state index is 5.78. The van der Waals surface area contributed by atoms with Crippen LogP contribution in [0.25, 0.3) is 0 Å². The SMILES string of the molecule is CC1CCC(CNCc2ccc(N(C)C)cc2)O1. The van der Waals surface area contributed by atoms with Crippen molar-refractivity contribution in [1.29, 1.82) is 0 Å². The Morgan fingerprint density at radius 3 is 2.50 bits per heavy atom. The standard InChI is InChI=1S/C15H24N2O/c1-12-4-9-15(18-12)11-16-10-13-5-7-14(8-6-13)17(2)3/h5-8,12,15-16H,4,9-11H2,1-3H3. The highest BCUT2D eigenvalue weighted by atomic mass is 16.5. The van der Waals surface area contributed by atoms with Crippen molar-refractivity contribution in [1.82, 2.24) is 5.32 Å². The number of hydrogen-bond acceptors (Lipinski definition) is 3. The lowest BCUT2D eigenvalue weighted by Crippen LogP contribution is -2.26. The second kappa shape index (κ2) is 6.21. The largest absolute Gasteiger partial charge is 0.378 e. The topological polar surface area (TPSA) is 24.5 Å². The minimum atomic E-state index is 0.404. The lowest BCUT2D eigenvalue weighted by Gasteiger charge is -2.14. The number of nitrogens with zero attached hydrogens (tertiary/aromatic N) is 1. The van der Waals surface area contributed by atoms with Crippen LogP contribution < -0.4 is 10.2 Å². The number of hydrogen-bond donors (Lipinski definition) is 1. The van der Waals surface area contributed by atoms with Crippen LogP contribution in [0.5, 0.6) is 0 Å². The Bertz CT molecular complexity index is 361. The molecule has 0 amide bonds. The monoisotopic (exact) mass is 248 g/mol. The van der Waals surface area contributed by atoms with Gasteiger partial charge in [0.25, 0.3) is 0 Å². The normalized spacial score (nSPS) is 23.3. The average molecular weight is 248 g/mol. The Morgan fingerprint density at radius 1 is 1.22 bits per heavy atom. The molecule has 0 radical (unpaired) electrons. The molecule has 1 saturated heterocycles. The molecule has 1 N–H and O–H groups in total.